The summed E-state index contributed by atoms with van der Waals surface area (Å²) in [5.74, 6) is 1.15. The molecular formula is C27H41NO6. The van der Waals surface area contributed by atoms with Crippen molar-refractivity contribution in [1.82, 2.24) is 4.90 Å². The van der Waals surface area contributed by atoms with E-state index in [1.807, 2.05) is 26.0 Å². The summed E-state index contributed by atoms with van der Waals surface area (Å²) in [6.45, 7) is 4.46. The molecule has 1 unspecified atom stereocenters. The van der Waals surface area contributed by atoms with Gasteiger partial charge in [-0.1, -0.05) is 26.2 Å². The molecule has 3 atom stereocenters. The zero-order valence-electron chi connectivity index (χ0n) is 21.4. The van der Waals surface area contributed by atoms with Crippen molar-refractivity contribution in [3.63, 3.8) is 0 Å². The van der Waals surface area contributed by atoms with E-state index in [1.54, 1.807) is 26.2 Å². The molecule has 0 aromatic heterocycles. The highest BCUT2D eigenvalue weighted by Crippen LogP contribution is 2.45. The van der Waals surface area contributed by atoms with Gasteiger partial charge in [-0.15, -0.1) is 0 Å². The third-order valence-electron chi connectivity index (χ3n) is 7.38. The van der Waals surface area contributed by atoms with E-state index in [1.165, 1.54) is 6.42 Å². The molecular weight excluding hydrogens is 434 g/mol. The van der Waals surface area contributed by atoms with Gasteiger partial charge in [0.05, 0.1) is 33.4 Å². The number of rotatable bonds is 9. The van der Waals surface area contributed by atoms with Gasteiger partial charge in [0.25, 0.3) is 0 Å². The lowest BCUT2D eigenvalue weighted by Gasteiger charge is -2.39. The van der Waals surface area contributed by atoms with Crippen LogP contribution in [0.25, 0.3) is 0 Å². The molecule has 1 saturated carbocycles. The van der Waals surface area contributed by atoms with Gasteiger partial charge in [0.15, 0.2) is 11.5 Å². The molecule has 1 aliphatic carbocycles. The van der Waals surface area contributed by atoms with E-state index < -0.39 is 6.04 Å². The van der Waals surface area contributed by atoms with Crippen LogP contribution in [0.15, 0.2) is 12.1 Å². The number of piperidine rings is 1. The van der Waals surface area contributed by atoms with Gasteiger partial charge in [-0.05, 0) is 69.1 Å². The number of hydrogen-bond acceptors (Lipinski definition) is 6. The van der Waals surface area contributed by atoms with Crippen molar-refractivity contribution in [3.8, 4) is 17.2 Å². The van der Waals surface area contributed by atoms with Gasteiger partial charge >= 0.3 is 5.97 Å². The highest BCUT2D eigenvalue weighted by atomic mass is 16.5. The number of amides is 1. The second-order valence-corrected chi connectivity index (χ2v) is 9.53. The first-order valence-electron chi connectivity index (χ1n) is 12.8. The standard InChI is InChI=1S/C27H41NO6/c1-6-18(2)34-27(30)21-14-10-11-15-28(21)26(29)24(19-12-8-7-9-13-19)20-16-22(31-3)25(33-5)23(17-20)32-4/h16-19,21,24H,6-15H2,1-5H3/t18-,21?,24-/m0/s1. The molecule has 2 aliphatic rings. The van der Waals surface area contributed by atoms with Crippen molar-refractivity contribution < 1.29 is 28.5 Å². The Morgan fingerprint density at radius 1 is 0.941 bits per heavy atom. The third kappa shape index (κ3) is 5.78. The first-order chi connectivity index (χ1) is 16.4. The maximum Gasteiger partial charge on any atom is 0.329 e. The Balaban J connectivity index is 2.00. The number of esters is 1. The summed E-state index contributed by atoms with van der Waals surface area (Å²) in [6, 6.07) is 3.27. The van der Waals surface area contributed by atoms with Crippen LogP contribution in [0.5, 0.6) is 17.2 Å². The van der Waals surface area contributed by atoms with Crippen LogP contribution in [0, 0.1) is 5.92 Å². The fourth-order valence-electron chi connectivity index (χ4n) is 5.34. The number of carbonyl (C=O) groups is 2. The van der Waals surface area contributed by atoms with Crippen molar-refractivity contribution in [3.05, 3.63) is 17.7 Å². The number of hydrogen-bond donors (Lipinski definition) is 0. The highest BCUT2D eigenvalue weighted by Gasteiger charge is 2.41. The summed E-state index contributed by atoms with van der Waals surface area (Å²) in [5.41, 5.74) is 0.853. The van der Waals surface area contributed by atoms with Crippen molar-refractivity contribution in [2.24, 2.45) is 5.92 Å². The lowest BCUT2D eigenvalue weighted by Crippen LogP contribution is -2.51. The molecule has 2 fully saturated rings. The quantitative estimate of drug-likeness (QED) is 0.463. The minimum absolute atomic E-state index is 0.00646. The lowest BCUT2D eigenvalue weighted by atomic mass is 9.75. The topological polar surface area (TPSA) is 74.3 Å². The minimum Gasteiger partial charge on any atom is -0.493 e. The molecule has 190 valence electrons. The molecule has 0 N–H and O–H groups in total. The number of likely N-dealkylation sites (tertiary alicyclic amines) is 1. The summed E-state index contributed by atoms with van der Waals surface area (Å²) in [4.78, 5) is 29.0. The monoisotopic (exact) mass is 475 g/mol. The first-order valence-corrected chi connectivity index (χ1v) is 12.8. The largest absolute Gasteiger partial charge is 0.493 e. The average Bonchev–Trinajstić information content (AvgIpc) is 2.88. The zero-order valence-corrected chi connectivity index (χ0v) is 21.4. The van der Waals surface area contributed by atoms with Crippen LogP contribution in [0.2, 0.25) is 0 Å². The second-order valence-electron chi connectivity index (χ2n) is 9.53. The van der Waals surface area contributed by atoms with Crippen LogP contribution in [-0.4, -0.2) is 56.8 Å². The molecule has 1 aromatic rings. The van der Waals surface area contributed by atoms with Crippen LogP contribution in [0.1, 0.15) is 83.1 Å². The smallest absolute Gasteiger partial charge is 0.329 e. The van der Waals surface area contributed by atoms with E-state index in [4.69, 9.17) is 18.9 Å². The van der Waals surface area contributed by atoms with Gasteiger partial charge in [0.1, 0.15) is 6.04 Å². The maximum absolute atomic E-state index is 14.2. The van der Waals surface area contributed by atoms with Crippen LogP contribution in [-0.2, 0) is 14.3 Å². The Kier molecular flexibility index (Phi) is 9.48. The highest BCUT2D eigenvalue weighted by molar-refractivity contribution is 5.89. The Labute approximate surface area is 204 Å². The van der Waals surface area contributed by atoms with Gasteiger partial charge in [0.2, 0.25) is 11.7 Å². The molecule has 0 bridgehead atoms. The summed E-state index contributed by atoms with van der Waals surface area (Å²) in [5, 5.41) is 0. The molecule has 7 heteroatoms. The van der Waals surface area contributed by atoms with Gasteiger partial charge < -0.3 is 23.8 Å². The van der Waals surface area contributed by atoms with Crippen molar-refractivity contribution in [2.45, 2.75) is 89.7 Å². The number of carbonyl (C=O) groups excluding carboxylic acids is 2. The predicted octanol–water partition coefficient (Wildman–Crippen LogP) is 5.10. The normalized spacial score (nSPS) is 20.9. The molecule has 0 spiro atoms. The van der Waals surface area contributed by atoms with Gasteiger partial charge in [-0.25, -0.2) is 4.79 Å². The fourth-order valence-corrected chi connectivity index (χ4v) is 5.34. The van der Waals surface area contributed by atoms with Gasteiger partial charge in [-0.3, -0.25) is 4.79 Å². The number of ether oxygens (including phenoxy) is 4. The minimum atomic E-state index is -0.525. The van der Waals surface area contributed by atoms with Crippen LogP contribution in [0.4, 0.5) is 0 Å². The van der Waals surface area contributed by atoms with Crippen LogP contribution < -0.4 is 14.2 Å². The maximum atomic E-state index is 14.2. The Morgan fingerprint density at radius 2 is 1.56 bits per heavy atom. The Hall–Kier alpha value is -2.44. The number of benzene rings is 1. The van der Waals surface area contributed by atoms with E-state index in [0.29, 0.717) is 30.2 Å². The van der Waals surface area contributed by atoms with Crippen molar-refractivity contribution in [2.75, 3.05) is 27.9 Å². The molecule has 7 nitrogen and oxygen atoms in total. The van der Waals surface area contributed by atoms with Gasteiger partial charge in [0, 0.05) is 6.54 Å². The zero-order chi connectivity index (χ0) is 24.7. The molecule has 1 aromatic carbocycles. The third-order valence-corrected chi connectivity index (χ3v) is 7.38. The number of nitrogens with zero attached hydrogens (tertiary/aromatic N) is 1. The van der Waals surface area contributed by atoms with Gasteiger partial charge in [-0.2, -0.15) is 0 Å². The predicted molar refractivity (Wildman–Crippen MR) is 131 cm³/mol. The van der Waals surface area contributed by atoms with E-state index in [0.717, 1.165) is 50.5 Å². The average molecular weight is 476 g/mol. The molecule has 34 heavy (non-hydrogen) atoms. The van der Waals surface area contributed by atoms with Crippen LogP contribution >= 0.6 is 0 Å². The van der Waals surface area contributed by atoms with Crippen molar-refractivity contribution >= 4 is 11.9 Å². The molecule has 3 rings (SSSR count). The van der Waals surface area contributed by atoms with E-state index in [9.17, 15) is 9.59 Å². The molecule has 1 saturated heterocycles. The summed E-state index contributed by atoms with van der Waals surface area (Å²) >= 11 is 0. The van der Waals surface area contributed by atoms with Crippen molar-refractivity contribution in [1.29, 1.82) is 0 Å². The summed E-state index contributed by atoms with van der Waals surface area (Å²) in [6.07, 6.45) is 8.45. The van der Waals surface area contributed by atoms with Crippen LogP contribution in [0.3, 0.4) is 0 Å². The lowest BCUT2D eigenvalue weighted by molar-refractivity contribution is -0.161. The summed E-state index contributed by atoms with van der Waals surface area (Å²) < 4.78 is 22.4. The molecule has 1 amide bonds. The van der Waals surface area contributed by atoms with E-state index in [-0.39, 0.29) is 29.8 Å². The first kappa shape index (κ1) is 26.2. The molecule has 1 aliphatic heterocycles. The van der Waals surface area contributed by atoms with E-state index >= 15 is 0 Å². The Bertz CT molecular complexity index is 809. The summed E-state index contributed by atoms with van der Waals surface area (Å²) in [7, 11) is 4.75. The number of methoxy groups -OCH3 is 3. The molecule has 1 heterocycles. The Morgan fingerprint density at radius 3 is 2.12 bits per heavy atom. The fraction of sp³-hybridized carbons (Fsp3) is 0.704. The SMILES string of the molecule is CC[C@H](C)OC(=O)C1CCCCN1C(=O)[C@H](c1cc(OC)c(OC)c(OC)c1)C1CCCCC1. The molecule has 0 radical (unpaired) electrons. The second kappa shape index (κ2) is 12.3. The van der Waals surface area contributed by atoms with E-state index in [2.05, 4.69) is 0 Å².